The molecule has 0 spiro atoms. The third kappa shape index (κ3) is 2.71. The van der Waals surface area contributed by atoms with Gasteiger partial charge in [0.15, 0.2) is 11.5 Å². The number of aromatic nitrogens is 6. The second-order valence-corrected chi connectivity index (χ2v) is 7.23. The van der Waals surface area contributed by atoms with Crippen LogP contribution in [0.15, 0.2) is 49.1 Å². The largest absolute Gasteiger partial charge is 0.358 e. The average molecular weight is 400 g/mol. The van der Waals surface area contributed by atoms with E-state index in [2.05, 4.69) is 41.7 Å². The highest BCUT2D eigenvalue weighted by atomic mass is 19.1. The molecule has 0 amide bonds. The van der Waals surface area contributed by atoms with E-state index in [9.17, 15) is 4.39 Å². The highest BCUT2D eigenvalue weighted by Crippen LogP contribution is 2.29. The van der Waals surface area contributed by atoms with Gasteiger partial charge in [-0.3, -0.25) is 0 Å². The number of hydrogen-bond donors (Lipinski definition) is 3. The molecule has 0 saturated heterocycles. The minimum Gasteiger partial charge on any atom is -0.358 e. The molecule has 30 heavy (non-hydrogen) atoms. The maximum Gasteiger partial charge on any atom is 0.227 e. The van der Waals surface area contributed by atoms with E-state index in [0.717, 1.165) is 42.3 Å². The normalized spacial score (nSPS) is 13.6. The van der Waals surface area contributed by atoms with Crippen LogP contribution < -0.4 is 10.6 Å². The molecule has 0 radical (unpaired) electrons. The third-order valence-corrected chi connectivity index (χ3v) is 5.38. The van der Waals surface area contributed by atoms with Crippen LogP contribution >= 0.6 is 0 Å². The average Bonchev–Trinajstić information content (AvgIpc) is 3.36. The fourth-order valence-corrected chi connectivity index (χ4v) is 3.96. The molecule has 5 aromatic rings. The van der Waals surface area contributed by atoms with Crippen LogP contribution in [0.25, 0.3) is 27.8 Å². The predicted octanol–water partition coefficient (Wildman–Crippen LogP) is 3.20. The summed E-state index contributed by atoms with van der Waals surface area (Å²) in [6, 6.07) is 7.83. The van der Waals surface area contributed by atoms with Crippen LogP contribution in [0, 0.1) is 5.82 Å². The molecule has 5 heterocycles. The van der Waals surface area contributed by atoms with Crippen molar-refractivity contribution in [3.63, 3.8) is 0 Å². The molecule has 0 fully saturated rings. The number of nitrogens with one attached hydrogen (secondary N) is 3. The summed E-state index contributed by atoms with van der Waals surface area (Å²) in [4.78, 5) is 16.3. The summed E-state index contributed by atoms with van der Waals surface area (Å²) in [5.41, 5.74) is 5.72. The van der Waals surface area contributed by atoms with Gasteiger partial charge >= 0.3 is 0 Å². The van der Waals surface area contributed by atoms with Crippen molar-refractivity contribution in [3.05, 3.63) is 66.1 Å². The van der Waals surface area contributed by atoms with Gasteiger partial charge in [-0.05, 0) is 29.8 Å². The van der Waals surface area contributed by atoms with Gasteiger partial charge < -0.3 is 15.6 Å². The van der Waals surface area contributed by atoms with Gasteiger partial charge in [0.05, 0.1) is 18.0 Å². The standard InChI is InChI=1S/C21H17FN8/c22-16-11-25-21(29-19(16)15-10-26-30-7-1-5-24-20(15)30)27-12-2-3-17-13(8-12)14-9-23-6-4-18(14)28-17/h1-3,5,7-8,10-11,23,28H,4,6,9H2,(H,25,27,29). The number of fused-ring (bicyclic) bond motifs is 4. The molecule has 3 N–H and O–H groups in total. The smallest absolute Gasteiger partial charge is 0.227 e. The van der Waals surface area contributed by atoms with Crippen molar-refractivity contribution >= 4 is 28.2 Å². The van der Waals surface area contributed by atoms with Gasteiger partial charge in [0.25, 0.3) is 0 Å². The Hall–Kier alpha value is -3.85. The van der Waals surface area contributed by atoms with Gasteiger partial charge in [-0.1, -0.05) is 0 Å². The van der Waals surface area contributed by atoms with Crippen molar-refractivity contribution in [3.8, 4) is 11.3 Å². The lowest BCUT2D eigenvalue weighted by Crippen LogP contribution is -2.22. The number of halogens is 1. The molecule has 1 aromatic carbocycles. The van der Waals surface area contributed by atoms with Gasteiger partial charge in [0.1, 0.15) is 5.69 Å². The van der Waals surface area contributed by atoms with Crippen molar-refractivity contribution in [2.45, 2.75) is 13.0 Å². The molecule has 6 rings (SSSR count). The molecule has 0 aliphatic carbocycles. The summed E-state index contributed by atoms with van der Waals surface area (Å²) in [5.74, 6) is -0.217. The molecule has 0 saturated carbocycles. The van der Waals surface area contributed by atoms with Crippen molar-refractivity contribution in [2.75, 3.05) is 11.9 Å². The molecule has 8 nitrogen and oxygen atoms in total. The van der Waals surface area contributed by atoms with Crippen LogP contribution in [-0.4, -0.2) is 36.1 Å². The lowest BCUT2D eigenvalue weighted by molar-refractivity contribution is 0.619. The number of rotatable bonds is 3. The Kier molecular flexibility index (Phi) is 3.75. The minimum atomic E-state index is -0.526. The predicted molar refractivity (Wildman–Crippen MR) is 111 cm³/mol. The molecule has 0 atom stereocenters. The molecule has 148 valence electrons. The third-order valence-electron chi connectivity index (χ3n) is 5.38. The number of benzene rings is 1. The second kappa shape index (κ2) is 6.60. The Morgan fingerprint density at radius 3 is 3.10 bits per heavy atom. The molecule has 9 heteroatoms. The summed E-state index contributed by atoms with van der Waals surface area (Å²) in [6.07, 6.45) is 7.11. The first kappa shape index (κ1) is 17.0. The molecule has 4 aromatic heterocycles. The summed E-state index contributed by atoms with van der Waals surface area (Å²) < 4.78 is 16.1. The van der Waals surface area contributed by atoms with Gasteiger partial charge in [-0.25, -0.2) is 23.9 Å². The maximum absolute atomic E-state index is 14.5. The molecule has 0 bridgehead atoms. The molecule has 1 aliphatic heterocycles. The summed E-state index contributed by atoms with van der Waals surface area (Å²) in [7, 11) is 0. The Labute approximate surface area is 170 Å². The molecular weight excluding hydrogens is 383 g/mol. The SMILES string of the molecule is Fc1cnc(Nc2ccc3[nH]c4c(c3c2)CNCC4)nc1-c1cnn2cccnc12. The van der Waals surface area contributed by atoms with E-state index >= 15 is 0 Å². The zero-order chi connectivity index (χ0) is 20.1. The summed E-state index contributed by atoms with van der Waals surface area (Å²) >= 11 is 0. The highest BCUT2D eigenvalue weighted by molar-refractivity contribution is 5.88. The molecule has 0 unspecified atom stereocenters. The number of nitrogens with zero attached hydrogens (tertiary/aromatic N) is 5. The minimum absolute atomic E-state index is 0.158. The Morgan fingerprint density at radius 1 is 1.17 bits per heavy atom. The van der Waals surface area contributed by atoms with Gasteiger partial charge in [0, 0.05) is 54.2 Å². The lowest BCUT2D eigenvalue weighted by atomic mass is 10.1. The van der Waals surface area contributed by atoms with Crippen LogP contribution in [0.4, 0.5) is 16.0 Å². The van der Waals surface area contributed by atoms with Crippen molar-refractivity contribution < 1.29 is 4.39 Å². The first-order valence-corrected chi connectivity index (χ1v) is 9.69. The van der Waals surface area contributed by atoms with Crippen LogP contribution in [0.3, 0.4) is 0 Å². The quantitative estimate of drug-likeness (QED) is 0.430. The van der Waals surface area contributed by atoms with E-state index in [1.54, 1.807) is 29.2 Å². The second-order valence-electron chi connectivity index (χ2n) is 7.23. The van der Waals surface area contributed by atoms with Gasteiger partial charge in [-0.2, -0.15) is 5.10 Å². The van der Waals surface area contributed by atoms with Crippen molar-refractivity contribution in [2.24, 2.45) is 0 Å². The van der Waals surface area contributed by atoms with Crippen LogP contribution in [0.2, 0.25) is 0 Å². The topological polar surface area (TPSA) is 95.8 Å². The number of H-pyrrole nitrogens is 1. The van der Waals surface area contributed by atoms with E-state index < -0.39 is 5.82 Å². The van der Waals surface area contributed by atoms with E-state index in [0.29, 0.717) is 17.2 Å². The van der Waals surface area contributed by atoms with E-state index in [1.807, 2.05) is 12.1 Å². The number of anilines is 2. The van der Waals surface area contributed by atoms with E-state index in [1.165, 1.54) is 11.3 Å². The maximum atomic E-state index is 14.5. The highest BCUT2D eigenvalue weighted by Gasteiger charge is 2.17. The lowest BCUT2D eigenvalue weighted by Gasteiger charge is -2.12. The number of aromatic amines is 1. The zero-order valence-corrected chi connectivity index (χ0v) is 15.9. The Morgan fingerprint density at radius 2 is 2.13 bits per heavy atom. The zero-order valence-electron chi connectivity index (χ0n) is 15.9. The fraction of sp³-hybridized carbons (Fsp3) is 0.143. The fourth-order valence-electron chi connectivity index (χ4n) is 3.96. The first-order chi connectivity index (χ1) is 14.8. The van der Waals surface area contributed by atoms with Crippen molar-refractivity contribution in [1.29, 1.82) is 0 Å². The summed E-state index contributed by atoms with van der Waals surface area (Å²) in [5, 5.41) is 12.0. The van der Waals surface area contributed by atoms with Crippen molar-refractivity contribution in [1.82, 2.24) is 34.9 Å². The number of hydrogen-bond acceptors (Lipinski definition) is 6. The monoisotopic (exact) mass is 400 g/mol. The van der Waals surface area contributed by atoms with Gasteiger partial charge in [-0.15, -0.1) is 0 Å². The van der Waals surface area contributed by atoms with Gasteiger partial charge in [0.2, 0.25) is 5.95 Å². The van der Waals surface area contributed by atoms with Crippen LogP contribution in [0.1, 0.15) is 11.3 Å². The van der Waals surface area contributed by atoms with E-state index in [-0.39, 0.29) is 5.69 Å². The van der Waals surface area contributed by atoms with E-state index in [4.69, 9.17) is 0 Å². The molecular formula is C21H17FN8. The summed E-state index contributed by atoms with van der Waals surface area (Å²) in [6.45, 7) is 1.83. The van der Waals surface area contributed by atoms with Crippen LogP contribution in [0.5, 0.6) is 0 Å². The first-order valence-electron chi connectivity index (χ1n) is 9.69. The molecule has 1 aliphatic rings. The Balaban J connectivity index is 1.38. The van der Waals surface area contributed by atoms with Crippen LogP contribution in [-0.2, 0) is 13.0 Å². The Bertz CT molecular complexity index is 1400.